The quantitative estimate of drug-likeness (QED) is 0.443. The van der Waals surface area contributed by atoms with Crippen LogP contribution in [0.3, 0.4) is 0 Å². The van der Waals surface area contributed by atoms with Gasteiger partial charge in [0.1, 0.15) is 11.4 Å². The molecule has 0 heterocycles. The van der Waals surface area contributed by atoms with Crippen LogP contribution in [0.4, 0.5) is 28.9 Å². The van der Waals surface area contributed by atoms with Gasteiger partial charge >= 0.3 is 6.18 Å². The lowest BCUT2D eigenvalue weighted by Gasteiger charge is -2.13. The van der Waals surface area contributed by atoms with Gasteiger partial charge in [-0.2, -0.15) is 13.2 Å². The Morgan fingerprint density at radius 3 is 2.42 bits per heavy atom. The second-order valence-corrected chi connectivity index (χ2v) is 5.39. The number of benzene rings is 2. The van der Waals surface area contributed by atoms with Crippen molar-refractivity contribution in [1.29, 1.82) is 0 Å². The van der Waals surface area contributed by atoms with Crippen molar-refractivity contribution in [1.82, 2.24) is 0 Å². The van der Waals surface area contributed by atoms with Crippen LogP contribution in [0.2, 0.25) is 5.02 Å². The van der Waals surface area contributed by atoms with Gasteiger partial charge in [0.2, 0.25) is 5.91 Å². The van der Waals surface area contributed by atoms with Crippen molar-refractivity contribution in [2.24, 2.45) is 0 Å². The molecule has 0 bridgehead atoms. The monoisotopic (exact) mass is 392 g/mol. The highest BCUT2D eigenvalue weighted by Gasteiger charge is 2.32. The number of halogens is 5. The zero-order chi connectivity index (χ0) is 19.6. The third-order valence-electron chi connectivity index (χ3n) is 3.02. The van der Waals surface area contributed by atoms with Crippen LogP contribution in [0, 0.1) is 15.9 Å². The molecule has 0 saturated carbocycles. The number of nitro groups is 1. The topological polar surface area (TPSA) is 81.5 Å². The van der Waals surface area contributed by atoms with Crippen molar-refractivity contribution in [3.05, 3.63) is 56.8 Å². The lowest BCUT2D eigenvalue weighted by Crippen LogP contribution is -2.08. The Morgan fingerprint density at radius 1 is 1.27 bits per heavy atom. The van der Waals surface area contributed by atoms with Crippen LogP contribution in [-0.2, 0) is 11.0 Å². The Balaban J connectivity index is 2.41. The molecule has 0 aliphatic rings. The van der Waals surface area contributed by atoms with Gasteiger partial charge < -0.3 is 10.1 Å². The number of hydrogen-bond donors (Lipinski definition) is 1. The minimum atomic E-state index is -4.80. The number of nitrogens with zero attached hydrogens (tertiary/aromatic N) is 1. The van der Waals surface area contributed by atoms with Crippen molar-refractivity contribution >= 4 is 28.9 Å². The number of amides is 1. The standard InChI is InChI=1S/C15H9ClF4N2O4/c1-7(23)21-12-3-2-9(6-13(12)22(24)25)26-14-10(16)4-8(5-11(14)17)15(18,19)20/h2-6H,1H3,(H,21,23). The van der Waals surface area contributed by atoms with Crippen LogP contribution in [0.25, 0.3) is 0 Å². The average molecular weight is 393 g/mol. The Morgan fingerprint density at radius 2 is 1.92 bits per heavy atom. The van der Waals surface area contributed by atoms with Gasteiger partial charge in [0.15, 0.2) is 11.6 Å². The Labute approximate surface area is 148 Å². The van der Waals surface area contributed by atoms with Crippen molar-refractivity contribution in [2.75, 3.05) is 5.32 Å². The van der Waals surface area contributed by atoms with E-state index < -0.39 is 44.8 Å². The molecule has 1 amide bonds. The number of carbonyl (C=O) groups is 1. The van der Waals surface area contributed by atoms with E-state index in [4.69, 9.17) is 16.3 Å². The van der Waals surface area contributed by atoms with Gasteiger partial charge in [-0.15, -0.1) is 0 Å². The summed E-state index contributed by atoms with van der Waals surface area (Å²) in [6.07, 6.45) is -4.80. The highest BCUT2D eigenvalue weighted by molar-refractivity contribution is 6.32. The van der Waals surface area contributed by atoms with E-state index in [2.05, 4.69) is 5.32 Å². The second kappa shape index (κ2) is 7.16. The maximum atomic E-state index is 13.9. The summed E-state index contributed by atoms with van der Waals surface area (Å²) in [7, 11) is 0. The molecular formula is C15H9ClF4N2O4. The lowest BCUT2D eigenvalue weighted by molar-refractivity contribution is -0.384. The van der Waals surface area contributed by atoms with E-state index in [1.165, 1.54) is 0 Å². The predicted octanol–water partition coefficient (Wildman–Crippen LogP) is 5.16. The molecule has 0 atom stereocenters. The summed E-state index contributed by atoms with van der Waals surface area (Å²) < 4.78 is 56.9. The predicted molar refractivity (Wildman–Crippen MR) is 83.9 cm³/mol. The van der Waals surface area contributed by atoms with Crippen LogP contribution in [0.5, 0.6) is 11.5 Å². The van der Waals surface area contributed by atoms with E-state index in [1.54, 1.807) is 0 Å². The van der Waals surface area contributed by atoms with E-state index >= 15 is 0 Å². The number of alkyl halides is 3. The zero-order valence-corrected chi connectivity index (χ0v) is 13.6. The molecule has 11 heteroatoms. The van der Waals surface area contributed by atoms with Crippen LogP contribution in [-0.4, -0.2) is 10.8 Å². The fourth-order valence-electron chi connectivity index (χ4n) is 1.96. The third kappa shape index (κ3) is 4.39. The first-order valence-electron chi connectivity index (χ1n) is 6.79. The molecule has 0 fully saturated rings. The Hall–Kier alpha value is -2.88. The van der Waals surface area contributed by atoms with E-state index in [-0.39, 0.29) is 17.5 Å². The minimum Gasteiger partial charge on any atom is -0.452 e. The van der Waals surface area contributed by atoms with Crippen LogP contribution >= 0.6 is 11.6 Å². The van der Waals surface area contributed by atoms with Gasteiger partial charge in [0.05, 0.1) is 21.6 Å². The first-order chi connectivity index (χ1) is 12.0. The average Bonchev–Trinajstić information content (AvgIpc) is 2.50. The molecule has 0 aliphatic heterocycles. The number of rotatable bonds is 4. The fourth-order valence-corrected chi connectivity index (χ4v) is 2.21. The van der Waals surface area contributed by atoms with Gasteiger partial charge in [-0.25, -0.2) is 4.39 Å². The minimum absolute atomic E-state index is 0.131. The number of ether oxygens (including phenoxy) is 1. The highest BCUT2D eigenvalue weighted by atomic mass is 35.5. The summed E-state index contributed by atoms with van der Waals surface area (Å²) in [6.45, 7) is 1.14. The van der Waals surface area contributed by atoms with E-state index in [0.29, 0.717) is 6.07 Å². The van der Waals surface area contributed by atoms with Gasteiger partial charge in [-0.3, -0.25) is 14.9 Å². The molecule has 1 N–H and O–H groups in total. The summed E-state index contributed by atoms with van der Waals surface area (Å²) in [5.74, 6) is -2.93. The summed E-state index contributed by atoms with van der Waals surface area (Å²) in [5.41, 5.74) is -1.99. The molecule has 0 aliphatic carbocycles. The van der Waals surface area contributed by atoms with Crippen LogP contribution in [0.1, 0.15) is 12.5 Å². The van der Waals surface area contributed by atoms with Gasteiger partial charge in [-0.1, -0.05) is 11.6 Å². The van der Waals surface area contributed by atoms with E-state index in [0.717, 1.165) is 25.1 Å². The molecule has 2 aromatic carbocycles. The molecule has 138 valence electrons. The number of carbonyl (C=O) groups excluding carboxylic acids is 1. The summed E-state index contributed by atoms with van der Waals surface area (Å²) in [5, 5.41) is 12.6. The first kappa shape index (κ1) is 19.4. The van der Waals surface area contributed by atoms with Crippen molar-refractivity contribution in [3.8, 4) is 11.5 Å². The molecule has 0 spiro atoms. The first-order valence-corrected chi connectivity index (χ1v) is 7.17. The molecule has 2 aromatic rings. The maximum absolute atomic E-state index is 13.9. The smallest absolute Gasteiger partial charge is 0.416 e. The largest absolute Gasteiger partial charge is 0.452 e. The zero-order valence-electron chi connectivity index (χ0n) is 12.9. The van der Waals surface area contributed by atoms with Crippen molar-refractivity contribution < 1.29 is 32.0 Å². The SMILES string of the molecule is CC(=O)Nc1ccc(Oc2c(F)cc(C(F)(F)F)cc2Cl)cc1[N+](=O)[O-]. The van der Waals surface area contributed by atoms with Gasteiger partial charge in [0.25, 0.3) is 5.69 Å². The van der Waals surface area contributed by atoms with E-state index in [9.17, 15) is 32.5 Å². The van der Waals surface area contributed by atoms with Crippen molar-refractivity contribution in [3.63, 3.8) is 0 Å². The third-order valence-corrected chi connectivity index (χ3v) is 3.30. The molecular weight excluding hydrogens is 384 g/mol. The summed E-state index contributed by atoms with van der Waals surface area (Å²) in [6, 6.07) is 3.83. The van der Waals surface area contributed by atoms with Gasteiger partial charge in [-0.05, 0) is 24.3 Å². The van der Waals surface area contributed by atoms with E-state index in [1.807, 2.05) is 0 Å². The lowest BCUT2D eigenvalue weighted by atomic mass is 10.2. The number of nitrogens with one attached hydrogen (secondary N) is 1. The maximum Gasteiger partial charge on any atom is 0.416 e. The molecule has 0 aromatic heterocycles. The number of hydrogen-bond acceptors (Lipinski definition) is 4. The Kier molecular flexibility index (Phi) is 5.36. The normalized spacial score (nSPS) is 11.2. The number of anilines is 1. The molecule has 2 rings (SSSR count). The number of nitro benzene ring substituents is 1. The summed E-state index contributed by atoms with van der Waals surface area (Å²) >= 11 is 5.64. The molecule has 6 nitrogen and oxygen atoms in total. The van der Waals surface area contributed by atoms with Crippen molar-refractivity contribution in [2.45, 2.75) is 13.1 Å². The Bertz CT molecular complexity index is 863. The molecule has 26 heavy (non-hydrogen) atoms. The summed E-state index contributed by atoms with van der Waals surface area (Å²) in [4.78, 5) is 21.3. The molecule has 0 radical (unpaired) electrons. The van der Waals surface area contributed by atoms with Gasteiger partial charge in [0, 0.05) is 6.92 Å². The molecule has 0 saturated heterocycles. The van der Waals surface area contributed by atoms with Crippen LogP contribution in [0.15, 0.2) is 30.3 Å². The fraction of sp³-hybridized carbons (Fsp3) is 0.133. The second-order valence-electron chi connectivity index (χ2n) is 4.99. The van der Waals surface area contributed by atoms with Crippen LogP contribution < -0.4 is 10.1 Å². The highest BCUT2D eigenvalue weighted by Crippen LogP contribution is 2.39. The molecule has 0 unspecified atom stereocenters.